The van der Waals surface area contributed by atoms with Crippen LogP contribution in [-0.2, 0) is 9.84 Å². The summed E-state index contributed by atoms with van der Waals surface area (Å²) in [5.74, 6) is -1.52. The molecular formula is C21H21Cl2F2NO4S. The van der Waals surface area contributed by atoms with Gasteiger partial charge in [0.2, 0.25) is 0 Å². The van der Waals surface area contributed by atoms with Crippen molar-refractivity contribution in [2.75, 3.05) is 6.26 Å². The highest BCUT2D eigenvalue weighted by molar-refractivity contribution is 7.90. The van der Waals surface area contributed by atoms with Gasteiger partial charge < -0.3 is 10.4 Å². The number of carbonyl (C=O) groups excluding carboxylic acids is 1. The molecule has 1 aliphatic carbocycles. The smallest absolute Gasteiger partial charge is 0.253 e. The number of nitrogens with one attached hydrogen (secondary N) is 1. The Bertz CT molecular complexity index is 1100. The van der Waals surface area contributed by atoms with Gasteiger partial charge in [0.1, 0.15) is 12.0 Å². The second kappa shape index (κ2) is 9.02. The fourth-order valence-corrected chi connectivity index (χ4v) is 4.82. The molecule has 1 atom stereocenters. The number of benzene rings is 2. The number of hydrogen-bond acceptors (Lipinski definition) is 4. The van der Waals surface area contributed by atoms with E-state index < -0.39 is 39.4 Å². The molecule has 5 nitrogen and oxygen atoms in total. The van der Waals surface area contributed by atoms with Crippen molar-refractivity contribution in [1.82, 2.24) is 5.32 Å². The highest BCUT2D eigenvalue weighted by atomic mass is 35.5. The van der Waals surface area contributed by atoms with Crippen LogP contribution < -0.4 is 5.32 Å². The minimum atomic E-state index is -3.61. The number of halogens is 4. The van der Waals surface area contributed by atoms with E-state index >= 15 is 0 Å². The van der Waals surface area contributed by atoms with Gasteiger partial charge in [-0.2, -0.15) is 0 Å². The van der Waals surface area contributed by atoms with Crippen LogP contribution in [0.5, 0.6) is 0 Å². The van der Waals surface area contributed by atoms with Gasteiger partial charge in [-0.1, -0.05) is 35.3 Å². The maximum atomic E-state index is 14.1. The first-order valence-electron chi connectivity index (χ1n) is 9.53. The largest absolute Gasteiger partial charge is 0.387 e. The van der Waals surface area contributed by atoms with E-state index in [0.29, 0.717) is 0 Å². The average Bonchev–Trinajstić information content (AvgIpc) is 2.70. The first kappa shape index (κ1) is 23.9. The van der Waals surface area contributed by atoms with Gasteiger partial charge in [-0.15, -0.1) is 0 Å². The Labute approximate surface area is 189 Å². The molecule has 168 valence electrons. The van der Waals surface area contributed by atoms with Crippen LogP contribution in [0.3, 0.4) is 0 Å². The van der Waals surface area contributed by atoms with Gasteiger partial charge in [-0.05, 0) is 55.5 Å². The number of rotatable bonds is 5. The van der Waals surface area contributed by atoms with Gasteiger partial charge in [0, 0.05) is 6.26 Å². The van der Waals surface area contributed by atoms with Crippen molar-refractivity contribution in [3.05, 3.63) is 63.4 Å². The van der Waals surface area contributed by atoms with E-state index in [1.807, 2.05) is 0 Å². The summed E-state index contributed by atoms with van der Waals surface area (Å²) in [5, 5.41) is 13.6. The molecule has 1 unspecified atom stereocenters. The Morgan fingerprint density at radius 1 is 1.23 bits per heavy atom. The molecular weight excluding hydrogens is 471 g/mol. The zero-order chi connectivity index (χ0) is 23.0. The van der Waals surface area contributed by atoms with Gasteiger partial charge in [0.05, 0.1) is 32.1 Å². The third-order valence-corrected chi connectivity index (χ3v) is 7.34. The predicted molar refractivity (Wildman–Crippen MR) is 114 cm³/mol. The highest BCUT2D eigenvalue weighted by Gasteiger charge is 2.43. The minimum Gasteiger partial charge on any atom is -0.387 e. The average molecular weight is 492 g/mol. The van der Waals surface area contributed by atoms with Gasteiger partial charge in [-0.25, -0.2) is 17.2 Å². The molecule has 1 saturated carbocycles. The molecule has 0 bridgehead atoms. The van der Waals surface area contributed by atoms with E-state index in [2.05, 4.69) is 5.32 Å². The molecule has 3 rings (SSSR count). The van der Waals surface area contributed by atoms with Crippen LogP contribution in [0.1, 0.15) is 47.6 Å². The molecule has 0 spiro atoms. The monoisotopic (exact) mass is 491 g/mol. The molecule has 0 heterocycles. The number of carbonyl (C=O) groups is 1. The second-order valence-corrected chi connectivity index (χ2v) is 10.5. The summed E-state index contributed by atoms with van der Waals surface area (Å²) in [5.41, 5.74) is -1.59. The minimum absolute atomic E-state index is 0.00607. The maximum absolute atomic E-state index is 14.1. The summed E-state index contributed by atoms with van der Waals surface area (Å²) in [6.07, 6.45) is 0.0816. The fourth-order valence-electron chi connectivity index (χ4n) is 3.73. The van der Waals surface area contributed by atoms with Crippen molar-refractivity contribution in [3.8, 4) is 0 Å². The Morgan fingerprint density at radius 2 is 1.87 bits per heavy atom. The van der Waals surface area contributed by atoms with Crippen LogP contribution >= 0.6 is 23.2 Å². The van der Waals surface area contributed by atoms with Gasteiger partial charge in [0.25, 0.3) is 5.91 Å². The molecule has 0 radical (unpaired) electrons. The summed E-state index contributed by atoms with van der Waals surface area (Å²) in [6.45, 7) is 0. The first-order chi connectivity index (χ1) is 14.4. The molecule has 31 heavy (non-hydrogen) atoms. The molecule has 0 saturated heterocycles. The van der Waals surface area contributed by atoms with E-state index in [1.54, 1.807) is 0 Å². The Hall–Kier alpha value is -1.74. The number of alkyl halides is 1. The Kier molecular flexibility index (Phi) is 6.96. The zero-order valence-electron chi connectivity index (χ0n) is 16.5. The molecule has 1 aliphatic rings. The molecule has 1 amide bonds. The van der Waals surface area contributed by atoms with Crippen molar-refractivity contribution >= 4 is 38.9 Å². The summed E-state index contributed by atoms with van der Waals surface area (Å²) >= 11 is 12.2. The molecule has 2 N–H and O–H groups in total. The molecule has 0 aliphatic heterocycles. The number of aliphatic hydroxyl groups is 1. The van der Waals surface area contributed by atoms with E-state index in [9.17, 15) is 27.1 Å². The van der Waals surface area contributed by atoms with E-state index in [1.165, 1.54) is 24.3 Å². The molecule has 2 aromatic carbocycles. The summed E-state index contributed by atoms with van der Waals surface area (Å²) in [6, 6.07) is 6.49. The summed E-state index contributed by atoms with van der Waals surface area (Å²) in [4.78, 5) is 12.9. The SMILES string of the molecule is CS(=O)(=O)c1ccc(Cl)c(C(=O)NC(c2cccc(F)c2Cl)[C@]2(O)CC[C@H](F)CC2)c1. The summed E-state index contributed by atoms with van der Waals surface area (Å²) < 4.78 is 51.6. The quantitative estimate of drug-likeness (QED) is 0.637. The zero-order valence-corrected chi connectivity index (χ0v) is 18.9. The van der Waals surface area contributed by atoms with Crippen LogP contribution in [-0.4, -0.2) is 37.5 Å². The highest BCUT2D eigenvalue weighted by Crippen LogP contribution is 2.42. The lowest BCUT2D eigenvalue weighted by Gasteiger charge is -2.41. The van der Waals surface area contributed by atoms with Crippen molar-refractivity contribution in [2.24, 2.45) is 0 Å². The van der Waals surface area contributed by atoms with Crippen LogP contribution in [0.15, 0.2) is 41.3 Å². The lowest BCUT2D eigenvalue weighted by molar-refractivity contribution is -0.0445. The van der Waals surface area contributed by atoms with Gasteiger partial charge in [0.15, 0.2) is 9.84 Å². The van der Waals surface area contributed by atoms with Crippen LogP contribution in [0, 0.1) is 5.82 Å². The van der Waals surface area contributed by atoms with Crippen molar-refractivity contribution in [1.29, 1.82) is 0 Å². The number of sulfone groups is 1. The fraction of sp³-hybridized carbons (Fsp3) is 0.381. The van der Waals surface area contributed by atoms with E-state index in [0.717, 1.165) is 18.4 Å². The number of amides is 1. The van der Waals surface area contributed by atoms with Crippen LogP contribution in [0.4, 0.5) is 8.78 Å². The Morgan fingerprint density at radius 3 is 2.48 bits per heavy atom. The number of hydrogen-bond donors (Lipinski definition) is 2. The van der Waals surface area contributed by atoms with Crippen LogP contribution in [0.25, 0.3) is 0 Å². The molecule has 10 heteroatoms. The van der Waals surface area contributed by atoms with Gasteiger partial charge in [-0.3, -0.25) is 4.79 Å². The predicted octanol–water partition coefficient (Wildman–Crippen LogP) is 4.65. The van der Waals surface area contributed by atoms with E-state index in [4.69, 9.17) is 23.2 Å². The van der Waals surface area contributed by atoms with Gasteiger partial charge >= 0.3 is 0 Å². The standard InChI is InChI=1S/C21H21Cl2F2NO4S/c1-31(29,30)13-5-6-16(22)15(11-13)20(27)26-19(14-3-2-4-17(25)18(14)23)21(28)9-7-12(24)8-10-21/h2-6,11-12,19,28H,7-10H2,1H3,(H,26,27)/t12-,19?,21-. The normalized spacial score (nSPS) is 22.7. The third kappa shape index (κ3) is 5.19. The lowest BCUT2D eigenvalue weighted by Crippen LogP contribution is -2.48. The Balaban J connectivity index is 2.03. The van der Waals surface area contributed by atoms with Crippen molar-refractivity contribution < 1.29 is 27.1 Å². The molecule has 0 aromatic heterocycles. The van der Waals surface area contributed by atoms with Crippen molar-refractivity contribution in [2.45, 2.75) is 48.4 Å². The first-order valence-corrected chi connectivity index (χ1v) is 12.2. The van der Waals surface area contributed by atoms with E-state index in [-0.39, 0.29) is 51.8 Å². The molecule has 1 fully saturated rings. The summed E-state index contributed by atoms with van der Waals surface area (Å²) in [7, 11) is -3.61. The topological polar surface area (TPSA) is 83.5 Å². The molecule has 2 aromatic rings. The lowest BCUT2D eigenvalue weighted by atomic mass is 9.76. The van der Waals surface area contributed by atoms with Crippen molar-refractivity contribution in [3.63, 3.8) is 0 Å². The third-order valence-electron chi connectivity index (χ3n) is 5.50. The maximum Gasteiger partial charge on any atom is 0.253 e. The second-order valence-electron chi connectivity index (χ2n) is 7.74. The van der Waals surface area contributed by atoms with Crippen LogP contribution in [0.2, 0.25) is 10.0 Å².